The highest BCUT2D eigenvalue weighted by atomic mass is 16.6. The van der Waals surface area contributed by atoms with Gasteiger partial charge in [-0.2, -0.15) is 0 Å². The van der Waals surface area contributed by atoms with Gasteiger partial charge in [-0.3, -0.25) is 19.8 Å². The molecular weight excluding hydrogens is 390 g/mol. The fourth-order valence-electron chi connectivity index (χ4n) is 2.96. The first-order valence-electron chi connectivity index (χ1n) is 10.3. The van der Waals surface area contributed by atoms with Crippen molar-refractivity contribution in [2.24, 2.45) is 5.92 Å². The summed E-state index contributed by atoms with van der Waals surface area (Å²) in [5.41, 5.74) is -1.00. The lowest BCUT2D eigenvalue weighted by Crippen LogP contribution is -2.52. The van der Waals surface area contributed by atoms with Crippen molar-refractivity contribution in [3.8, 4) is 0 Å². The molecule has 0 saturated carbocycles. The topological polar surface area (TPSA) is 129 Å². The fraction of sp³-hybridized carbons (Fsp3) is 0.800. The van der Waals surface area contributed by atoms with E-state index in [9.17, 15) is 19.2 Å². The number of likely N-dealkylation sites (tertiary alicyclic amines) is 1. The number of nitrogens with zero attached hydrogens (tertiary/aromatic N) is 1. The molecule has 5 amide bonds. The van der Waals surface area contributed by atoms with Crippen LogP contribution in [-0.2, 0) is 14.3 Å². The molecule has 0 aliphatic carbocycles. The van der Waals surface area contributed by atoms with Gasteiger partial charge in [-0.05, 0) is 60.9 Å². The summed E-state index contributed by atoms with van der Waals surface area (Å²) in [5, 5.41) is 10.4. The lowest BCUT2D eigenvalue weighted by Gasteiger charge is -2.31. The third-order valence-electron chi connectivity index (χ3n) is 4.08. The first-order chi connectivity index (χ1) is 13.7. The second-order valence-corrected chi connectivity index (χ2v) is 9.55. The molecule has 0 aromatic heterocycles. The Balaban J connectivity index is 2.33. The standard InChI is InChI=1S/C20H37N5O5/c1-19(2,3)24-17(28)23-15(26)13-25-11-7-8-14(12-25)16(27)21-9-10-22-18(29)30-20(4,5)6/h14H,7-13H2,1-6H3,(H,21,27)(H,22,29)(H2,23,24,26,28). The number of nitrogens with one attached hydrogen (secondary N) is 4. The Morgan fingerprint density at radius 3 is 2.23 bits per heavy atom. The molecule has 0 aromatic carbocycles. The zero-order valence-electron chi connectivity index (χ0n) is 19.0. The predicted molar refractivity (Wildman–Crippen MR) is 113 cm³/mol. The van der Waals surface area contributed by atoms with Crippen LogP contribution in [0.3, 0.4) is 0 Å². The van der Waals surface area contributed by atoms with Gasteiger partial charge in [0.15, 0.2) is 0 Å². The van der Waals surface area contributed by atoms with E-state index in [1.807, 2.05) is 25.7 Å². The van der Waals surface area contributed by atoms with Crippen LogP contribution in [-0.4, -0.2) is 72.7 Å². The van der Waals surface area contributed by atoms with Gasteiger partial charge < -0.3 is 20.7 Å². The Bertz CT molecular complexity index is 624. The number of ether oxygens (including phenoxy) is 1. The quantitative estimate of drug-likeness (QED) is 0.468. The maximum absolute atomic E-state index is 12.4. The summed E-state index contributed by atoms with van der Waals surface area (Å²) in [6, 6.07) is -0.531. The minimum Gasteiger partial charge on any atom is -0.444 e. The van der Waals surface area contributed by atoms with E-state index < -0.39 is 29.2 Å². The van der Waals surface area contributed by atoms with E-state index in [2.05, 4.69) is 21.3 Å². The number of imide groups is 1. The van der Waals surface area contributed by atoms with Crippen LogP contribution >= 0.6 is 0 Å². The minimum atomic E-state index is -0.571. The number of carbonyl (C=O) groups is 4. The SMILES string of the molecule is CC(C)(C)NC(=O)NC(=O)CN1CCCC(C(=O)NCCNC(=O)OC(C)(C)C)C1. The number of urea groups is 1. The molecule has 1 atom stereocenters. The lowest BCUT2D eigenvalue weighted by atomic mass is 9.97. The van der Waals surface area contributed by atoms with Gasteiger partial charge in [0.05, 0.1) is 12.5 Å². The molecule has 0 radical (unpaired) electrons. The summed E-state index contributed by atoms with van der Waals surface area (Å²) in [7, 11) is 0. The maximum atomic E-state index is 12.4. The molecule has 1 unspecified atom stereocenters. The zero-order chi connectivity index (χ0) is 22.9. The smallest absolute Gasteiger partial charge is 0.407 e. The highest BCUT2D eigenvalue weighted by Crippen LogP contribution is 2.16. The third kappa shape index (κ3) is 11.6. The first kappa shape index (κ1) is 25.7. The molecule has 1 aliphatic heterocycles. The molecule has 10 nitrogen and oxygen atoms in total. The van der Waals surface area contributed by atoms with E-state index in [-0.39, 0.29) is 24.9 Å². The van der Waals surface area contributed by atoms with Crippen molar-refractivity contribution in [1.29, 1.82) is 0 Å². The van der Waals surface area contributed by atoms with E-state index in [0.717, 1.165) is 12.8 Å². The Kier molecular flexibility index (Phi) is 9.54. The van der Waals surface area contributed by atoms with Crippen LogP contribution in [0.15, 0.2) is 0 Å². The summed E-state index contributed by atoms with van der Waals surface area (Å²) in [6.07, 6.45) is 0.992. The van der Waals surface area contributed by atoms with Crippen LogP contribution in [0.5, 0.6) is 0 Å². The average Bonchev–Trinajstić information content (AvgIpc) is 2.55. The summed E-state index contributed by atoms with van der Waals surface area (Å²) in [6.45, 7) is 12.6. The van der Waals surface area contributed by atoms with E-state index >= 15 is 0 Å². The molecule has 4 N–H and O–H groups in total. The summed E-state index contributed by atoms with van der Waals surface area (Å²) < 4.78 is 5.13. The molecule has 10 heteroatoms. The van der Waals surface area contributed by atoms with E-state index in [0.29, 0.717) is 19.6 Å². The molecule has 0 spiro atoms. The molecule has 1 heterocycles. The molecule has 0 bridgehead atoms. The molecule has 1 saturated heterocycles. The summed E-state index contributed by atoms with van der Waals surface area (Å²) >= 11 is 0. The summed E-state index contributed by atoms with van der Waals surface area (Å²) in [5.74, 6) is -0.757. The van der Waals surface area contributed by atoms with Gasteiger partial charge in [0.1, 0.15) is 5.60 Å². The number of hydrogen-bond acceptors (Lipinski definition) is 6. The molecular formula is C20H37N5O5. The molecule has 30 heavy (non-hydrogen) atoms. The van der Waals surface area contributed by atoms with Crippen LogP contribution < -0.4 is 21.3 Å². The highest BCUT2D eigenvalue weighted by Gasteiger charge is 2.27. The Morgan fingerprint density at radius 1 is 1.00 bits per heavy atom. The van der Waals surface area contributed by atoms with Gasteiger partial charge in [0.25, 0.3) is 0 Å². The van der Waals surface area contributed by atoms with Gasteiger partial charge in [0, 0.05) is 25.2 Å². The van der Waals surface area contributed by atoms with Gasteiger partial charge in [0.2, 0.25) is 11.8 Å². The lowest BCUT2D eigenvalue weighted by molar-refractivity contribution is -0.128. The Hall–Kier alpha value is -2.36. The van der Waals surface area contributed by atoms with E-state index in [1.54, 1.807) is 20.8 Å². The van der Waals surface area contributed by atoms with Gasteiger partial charge in [-0.15, -0.1) is 0 Å². The predicted octanol–water partition coefficient (Wildman–Crippen LogP) is 0.964. The van der Waals surface area contributed by atoms with Gasteiger partial charge in [-0.1, -0.05) is 0 Å². The number of amides is 5. The van der Waals surface area contributed by atoms with Gasteiger partial charge >= 0.3 is 12.1 Å². The Morgan fingerprint density at radius 2 is 1.63 bits per heavy atom. The van der Waals surface area contributed by atoms with Crippen LogP contribution in [0.1, 0.15) is 54.4 Å². The third-order valence-corrected chi connectivity index (χ3v) is 4.08. The highest BCUT2D eigenvalue weighted by molar-refractivity contribution is 5.95. The molecule has 1 fully saturated rings. The molecule has 1 aliphatic rings. The monoisotopic (exact) mass is 427 g/mol. The fourth-order valence-corrected chi connectivity index (χ4v) is 2.96. The number of piperidine rings is 1. The van der Waals surface area contributed by atoms with Gasteiger partial charge in [-0.25, -0.2) is 9.59 Å². The van der Waals surface area contributed by atoms with Crippen molar-refractivity contribution in [2.45, 2.75) is 65.5 Å². The van der Waals surface area contributed by atoms with E-state index in [4.69, 9.17) is 4.74 Å². The van der Waals surface area contributed by atoms with Crippen molar-refractivity contribution in [3.63, 3.8) is 0 Å². The molecule has 172 valence electrons. The van der Waals surface area contributed by atoms with Crippen molar-refractivity contribution in [2.75, 3.05) is 32.7 Å². The second kappa shape index (κ2) is 11.1. The van der Waals surface area contributed by atoms with Crippen LogP contribution in [0.4, 0.5) is 9.59 Å². The minimum absolute atomic E-state index is 0.0571. The van der Waals surface area contributed by atoms with Crippen molar-refractivity contribution in [1.82, 2.24) is 26.2 Å². The van der Waals surface area contributed by atoms with Crippen molar-refractivity contribution >= 4 is 23.9 Å². The van der Waals surface area contributed by atoms with Crippen molar-refractivity contribution in [3.05, 3.63) is 0 Å². The maximum Gasteiger partial charge on any atom is 0.407 e. The molecule has 0 aromatic rings. The van der Waals surface area contributed by atoms with Crippen LogP contribution in [0.25, 0.3) is 0 Å². The summed E-state index contributed by atoms with van der Waals surface area (Å²) in [4.78, 5) is 49.7. The number of rotatable bonds is 6. The van der Waals surface area contributed by atoms with Crippen molar-refractivity contribution < 1.29 is 23.9 Å². The second-order valence-electron chi connectivity index (χ2n) is 9.55. The zero-order valence-corrected chi connectivity index (χ0v) is 19.0. The van der Waals surface area contributed by atoms with Crippen LogP contribution in [0, 0.1) is 5.92 Å². The van der Waals surface area contributed by atoms with E-state index in [1.165, 1.54) is 0 Å². The number of alkyl carbamates (subject to hydrolysis) is 1. The first-order valence-corrected chi connectivity index (χ1v) is 10.3. The Labute approximate surface area is 178 Å². The largest absolute Gasteiger partial charge is 0.444 e. The molecule has 1 rings (SSSR count). The van der Waals surface area contributed by atoms with Crippen LogP contribution in [0.2, 0.25) is 0 Å². The number of hydrogen-bond donors (Lipinski definition) is 4. The normalized spacial score (nSPS) is 17.6. The number of carbonyl (C=O) groups excluding carboxylic acids is 4. The average molecular weight is 428 g/mol.